The van der Waals surface area contributed by atoms with Gasteiger partial charge in [0.15, 0.2) is 0 Å². The van der Waals surface area contributed by atoms with Gasteiger partial charge in [0.25, 0.3) is 0 Å². The largest absolute Gasteiger partial charge is 0.311 e. The molecule has 0 spiro atoms. The lowest BCUT2D eigenvalue weighted by molar-refractivity contribution is 0.348. The first-order valence-electron chi connectivity index (χ1n) is 4.55. The average Bonchev–Trinajstić information content (AvgIpc) is 2.09. The zero-order chi connectivity index (χ0) is 8.81. The van der Waals surface area contributed by atoms with E-state index in [2.05, 4.69) is 23.8 Å². The summed E-state index contributed by atoms with van der Waals surface area (Å²) >= 11 is 0. The van der Waals surface area contributed by atoms with E-state index in [-0.39, 0.29) is 0 Å². The van der Waals surface area contributed by atoms with Gasteiger partial charge in [0.1, 0.15) is 0 Å². The monoisotopic (exact) mass is 166 g/mol. The van der Waals surface area contributed by atoms with E-state index < -0.39 is 0 Å². The zero-order valence-electron chi connectivity index (χ0n) is 7.55. The van der Waals surface area contributed by atoms with Gasteiger partial charge in [0.05, 0.1) is 0 Å². The van der Waals surface area contributed by atoms with Crippen molar-refractivity contribution >= 4 is 0 Å². The fourth-order valence-electron chi connectivity index (χ4n) is 1.50. The molecule has 2 N–H and O–H groups in total. The van der Waals surface area contributed by atoms with Crippen molar-refractivity contribution in [3.05, 3.63) is 25.3 Å². The number of piperazine rings is 1. The van der Waals surface area contributed by atoms with Gasteiger partial charge < -0.3 is 10.6 Å². The smallest absolute Gasteiger partial charge is 0.0227 e. The van der Waals surface area contributed by atoms with Crippen LogP contribution in [0.25, 0.3) is 0 Å². The molecule has 2 unspecified atom stereocenters. The second kappa shape index (κ2) is 5.12. The maximum atomic E-state index is 3.73. The van der Waals surface area contributed by atoms with Crippen LogP contribution in [-0.4, -0.2) is 25.2 Å². The molecule has 1 aliphatic heterocycles. The zero-order valence-corrected chi connectivity index (χ0v) is 7.55. The van der Waals surface area contributed by atoms with E-state index >= 15 is 0 Å². The van der Waals surface area contributed by atoms with Crippen molar-refractivity contribution < 1.29 is 0 Å². The van der Waals surface area contributed by atoms with Crippen molar-refractivity contribution in [1.29, 1.82) is 0 Å². The predicted molar refractivity (Wildman–Crippen MR) is 53.2 cm³/mol. The quantitative estimate of drug-likeness (QED) is 0.610. The summed E-state index contributed by atoms with van der Waals surface area (Å²) in [6.07, 6.45) is 6.03. The minimum absolute atomic E-state index is 0.573. The van der Waals surface area contributed by atoms with Gasteiger partial charge in [-0.1, -0.05) is 12.2 Å². The highest BCUT2D eigenvalue weighted by Crippen LogP contribution is 2.01. The predicted octanol–water partition coefficient (Wildman–Crippen LogP) is 1.07. The van der Waals surface area contributed by atoms with Crippen molar-refractivity contribution in [3.63, 3.8) is 0 Å². The van der Waals surface area contributed by atoms with E-state index in [1.165, 1.54) is 0 Å². The molecule has 0 aromatic heterocycles. The molecule has 0 aliphatic carbocycles. The Morgan fingerprint density at radius 1 is 1.00 bits per heavy atom. The van der Waals surface area contributed by atoms with Crippen LogP contribution in [0.3, 0.4) is 0 Å². The molecule has 1 rings (SSSR count). The fraction of sp³-hybridized carbons (Fsp3) is 0.600. The number of rotatable bonds is 4. The van der Waals surface area contributed by atoms with Crippen LogP contribution < -0.4 is 10.6 Å². The topological polar surface area (TPSA) is 24.1 Å². The van der Waals surface area contributed by atoms with Gasteiger partial charge in [-0.05, 0) is 12.8 Å². The molecule has 0 saturated carbocycles. The Labute approximate surface area is 74.7 Å². The number of nitrogens with one attached hydrogen (secondary N) is 2. The van der Waals surface area contributed by atoms with Crippen LogP contribution in [0, 0.1) is 0 Å². The maximum Gasteiger partial charge on any atom is 0.0227 e. The van der Waals surface area contributed by atoms with Gasteiger partial charge in [0, 0.05) is 25.2 Å². The third-order valence-electron chi connectivity index (χ3n) is 2.21. The Morgan fingerprint density at radius 3 is 1.67 bits per heavy atom. The summed E-state index contributed by atoms with van der Waals surface area (Å²) in [6.45, 7) is 9.54. The van der Waals surface area contributed by atoms with Crippen molar-refractivity contribution in [3.8, 4) is 0 Å². The average molecular weight is 166 g/mol. The van der Waals surface area contributed by atoms with E-state index in [9.17, 15) is 0 Å². The molecular formula is C10H18N2. The van der Waals surface area contributed by atoms with E-state index in [0.717, 1.165) is 25.9 Å². The van der Waals surface area contributed by atoms with Gasteiger partial charge >= 0.3 is 0 Å². The van der Waals surface area contributed by atoms with Crippen molar-refractivity contribution in [2.24, 2.45) is 0 Å². The molecule has 2 nitrogen and oxygen atoms in total. The third kappa shape index (κ3) is 2.80. The molecule has 0 radical (unpaired) electrons. The highest BCUT2D eigenvalue weighted by molar-refractivity contribution is 4.89. The second-order valence-corrected chi connectivity index (χ2v) is 3.26. The highest BCUT2D eigenvalue weighted by atomic mass is 15.1. The fourth-order valence-corrected chi connectivity index (χ4v) is 1.50. The van der Waals surface area contributed by atoms with E-state index in [1.807, 2.05) is 12.2 Å². The summed E-state index contributed by atoms with van der Waals surface area (Å²) in [5.74, 6) is 0. The van der Waals surface area contributed by atoms with Gasteiger partial charge in [-0.25, -0.2) is 0 Å². The molecule has 1 saturated heterocycles. The van der Waals surface area contributed by atoms with Crippen LogP contribution in [-0.2, 0) is 0 Å². The van der Waals surface area contributed by atoms with Crippen LogP contribution in [0.4, 0.5) is 0 Å². The van der Waals surface area contributed by atoms with Crippen molar-refractivity contribution in [1.82, 2.24) is 10.6 Å². The molecule has 68 valence electrons. The van der Waals surface area contributed by atoms with Gasteiger partial charge in [0.2, 0.25) is 0 Å². The molecular weight excluding hydrogens is 148 g/mol. The Kier molecular flexibility index (Phi) is 4.05. The van der Waals surface area contributed by atoms with Gasteiger partial charge in [-0.3, -0.25) is 0 Å². The summed E-state index contributed by atoms with van der Waals surface area (Å²) in [7, 11) is 0. The summed E-state index contributed by atoms with van der Waals surface area (Å²) in [5, 5.41) is 6.95. The molecule has 0 aromatic rings. The molecule has 2 atom stereocenters. The standard InChI is InChI=1S/C10H18N2/c1-3-5-9-7-12-10(6-4-2)8-11-9/h3-4,9-12H,1-2,5-8H2. The second-order valence-electron chi connectivity index (χ2n) is 3.26. The van der Waals surface area contributed by atoms with Crippen LogP contribution >= 0.6 is 0 Å². The molecule has 12 heavy (non-hydrogen) atoms. The van der Waals surface area contributed by atoms with Crippen LogP contribution in [0.15, 0.2) is 25.3 Å². The normalized spacial score (nSPS) is 29.7. The van der Waals surface area contributed by atoms with Crippen molar-refractivity contribution in [2.45, 2.75) is 24.9 Å². The molecule has 1 aliphatic rings. The molecule has 0 bridgehead atoms. The van der Waals surface area contributed by atoms with E-state index in [4.69, 9.17) is 0 Å². The summed E-state index contributed by atoms with van der Waals surface area (Å²) < 4.78 is 0. The van der Waals surface area contributed by atoms with Crippen LogP contribution in [0.2, 0.25) is 0 Å². The number of hydrogen-bond acceptors (Lipinski definition) is 2. The first kappa shape index (κ1) is 9.49. The first-order valence-corrected chi connectivity index (χ1v) is 4.55. The summed E-state index contributed by atoms with van der Waals surface area (Å²) in [6, 6.07) is 1.15. The van der Waals surface area contributed by atoms with Gasteiger partial charge in [-0.15, -0.1) is 13.2 Å². The lowest BCUT2D eigenvalue weighted by Crippen LogP contribution is -2.53. The van der Waals surface area contributed by atoms with Gasteiger partial charge in [-0.2, -0.15) is 0 Å². The van der Waals surface area contributed by atoms with Crippen LogP contribution in [0.1, 0.15) is 12.8 Å². The Hall–Kier alpha value is -0.600. The molecule has 0 amide bonds. The maximum absolute atomic E-state index is 3.73. The van der Waals surface area contributed by atoms with E-state index in [0.29, 0.717) is 12.1 Å². The van der Waals surface area contributed by atoms with Crippen molar-refractivity contribution in [2.75, 3.05) is 13.1 Å². The summed E-state index contributed by atoms with van der Waals surface area (Å²) in [5.41, 5.74) is 0. The Balaban J connectivity index is 2.19. The molecule has 1 heterocycles. The first-order chi connectivity index (χ1) is 5.86. The van der Waals surface area contributed by atoms with Crippen LogP contribution in [0.5, 0.6) is 0 Å². The summed E-state index contributed by atoms with van der Waals surface area (Å²) in [4.78, 5) is 0. The molecule has 2 heteroatoms. The molecule has 0 aromatic carbocycles. The lowest BCUT2D eigenvalue weighted by Gasteiger charge is -2.30. The SMILES string of the molecule is C=CCC1CNC(CC=C)CN1. The minimum Gasteiger partial charge on any atom is -0.311 e. The Morgan fingerprint density at radius 2 is 1.42 bits per heavy atom. The third-order valence-corrected chi connectivity index (χ3v) is 2.21. The minimum atomic E-state index is 0.573. The molecule has 1 fully saturated rings. The number of hydrogen-bond donors (Lipinski definition) is 2. The highest BCUT2D eigenvalue weighted by Gasteiger charge is 2.16. The lowest BCUT2D eigenvalue weighted by atomic mass is 10.1. The van der Waals surface area contributed by atoms with E-state index in [1.54, 1.807) is 0 Å². The Bertz CT molecular complexity index is 128.